The van der Waals surface area contributed by atoms with Crippen molar-refractivity contribution in [2.45, 2.75) is 30.7 Å². The summed E-state index contributed by atoms with van der Waals surface area (Å²) in [4.78, 5) is 21.5. The first-order valence-corrected chi connectivity index (χ1v) is 7.99. The standard InChI is InChI=1S/C13H18N2O6S/c1-2-21-9-3-5-10(6-4-9)22(19,20)15-11(13(17)18)7-8-12(14)16/h3-6,11,15H,2,7-8H2,1H3,(H2,14,16)(H,17,18)/p-1/t11-/m1/s1. The van der Waals surface area contributed by atoms with Crippen molar-refractivity contribution in [3.8, 4) is 5.75 Å². The van der Waals surface area contributed by atoms with E-state index in [0.29, 0.717) is 12.4 Å². The van der Waals surface area contributed by atoms with E-state index in [4.69, 9.17) is 10.5 Å². The number of carbonyl (C=O) groups excluding carboxylic acids is 2. The number of benzene rings is 1. The molecule has 0 heterocycles. The van der Waals surface area contributed by atoms with Crippen LogP contribution in [0, 0.1) is 0 Å². The summed E-state index contributed by atoms with van der Waals surface area (Å²) in [5.74, 6) is -1.87. The summed E-state index contributed by atoms with van der Waals surface area (Å²) in [5, 5.41) is 11.0. The predicted octanol–water partition coefficient (Wildman–Crippen LogP) is -1.25. The highest BCUT2D eigenvalue weighted by molar-refractivity contribution is 7.89. The van der Waals surface area contributed by atoms with E-state index in [0.717, 1.165) is 0 Å². The molecule has 1 amide bonds. The maximum Gasteiger partial charge on any atom is 0.241 e. The number of aliphatic carboxylic acids is 1. The zero-order chi connectivity index (χ0) is 16.8. The van der Waals surface area contributed by atoms with Crippen LogP contribution in [0.5, 0.6) is 5.75 Å². The molecule has 0 radical (unpaired) electrons. The van der Waals surface area contributed by atoms with Crippen molar-refractivity contribution in [2.24, 2.45) is 5.73 Å². The lowest BCUT2D eigenvalue weighted by Crippen LogP contribution is -2.48. The maximum absolute atomic E-state index is 12.1. The van der Waals surface area contributed by atoms with Gasteiger partial charge in [0.25, 0.3) is 0 Å². The lowest BCUT2D eigenvalue weighted by Gasteiger charge is -2.19. The van der Waals surface area contributed by atoms with Gasteiger partial charge in [0.15, 0.2) is 0 Å². The van der Waals surface area contributed by atoms with E-state index >= 15 is 0 Å². The fourth-order valence-electron chi connectivity index (χ4n) is 1.65. The second kappa shape index (κ2) is 7.76. The van der Waals surface area contributed by atoms with Crippen molar-refractivity contribution >= 4 is 21.9 Å². The first kappa shape index (κ1) is 17.9. The molecular weight excluding hydrogens is 312 g/mol. The van der Waals surface area contributed by atoms with Gasteiger partial charge in [-0.2, -0.15) is 0 Å². The van der Waals surface area contributed by atoms with Gasteiger partial charge in [0.05, 0.1) is 23.5 Å². The van der Waals surface area contributed by atoms with Gasteiger partial charge in [0, 0.05) is 6.42 Å². The number of carbonyl (C=O) groups is 2. The molecule has 3 N–H and O–H groups in total. The van der Waals surface area contributed by atoms with Gasteiger partial charge < -0.3 is 20.4 Å². The molecule has 0 aromatic heterocycles. The van der Waals surface area contributed by atoms with E-state index in [2.05, 4.69) is 0 Å². The smallest absolute Gasteiger partial charge is 0.241 e. The Morgan fingerprint density at radius 2 is 1.91 bits per heavy atom. The number of ether oxygens (including phenoxy) is 1. The summed E-state index contributed by atoms with van der Waals surface area (Å²) in [6.07, 6.45) is -0.557. The van der Waals surface area contributed by atoms with Crippen LogP contribution < -0.4 is 20.3 Å². The third-order valence-electron chi connectivity index (χ3n) is 2.71. The minimum atomic E-state index is -4.06. The van der Waals surface area contributed by atoms with Gasteiger partial charge in [0.1, 0.15) is 5.75 Å². The summed E-state index contributed by atoms with van der Waals surface area (Å²) in [5.41, 5.74) is 4.92. The summed E-state index contributed by atoms with van der Waals surface area (Å²) in [6, 6.07) is 3.94. The number of hydrogen-bond donors (Lipinski definition) is 2. The molecule has 122 valence electrons. The Morgan fingerprint density at radius 3 is 2.36 bits per heavy atom. The van der Waals surface area contributed by atoms with Crippen LogP contribution in [0.4, 0.5) is 0 Å². The number of rotatable bonds is 9. The van der Waals surface area contributed by atoms with Gasteiger partial charge in [-0.25, -0.2) is 13.1 Å². The van der Waals surface area contributed by atoms with E-state index in [1.54, 1.807) is 6.92 Å². The number of carboxylic acids is 1. The Morgan fingerprint density at radius 1 is 1.32 bits per heavy atom. The lowest BCUT2D eigenvalue weighted by molar-refractivity contribution is -0.308. The van der Waals surface area contributed by atoms with Crippen molar-refractivity contribution in [2.75, 3.05) is 6.61 Å². The van der Waals surface area contributed by atoms with E-state index in [-0.39, 0.29) is 17.7 Å². The van der Waals surface area contributed by atoms with Gasteiger partial charge in [-0.3, -0.25) is 4.79 Å². The lowest BCUT2D eigenvalue weighted by atomic mass is 10.2. The number of sulfonamides is 1. The van der Waals surface area contributed by atoms with Crippen molar-refractivity contribution in [3.05, 3.63) is 24.3 Å². The topological polar surface area (TPSA) is 139 Å². The maximum atomic E-state index is 12.1. The van der Waals surface area contributed by atoms with Gasteiger partial charge in [-0.05, 0) is 37.6 Å². The largest absolute Gasteiger partial charge is 0.548 e. The fraction of sp³-hybridized carbons (Fsp3) is 0.385. The van der Waals surface area contributed by atoms with Crippen LogP contribution >= 0.6 is 0 Å². The van der Waals surface area contributed by atoms with Crippen LogP contribution in [-0.2, 0) is 19.6 Å². The first-order valence-electron chi connectivity index (χ1n) is 6.50. The molecule has 0 saturated heterocycles. The van der Waals surface area contributed by atoms with E-state index in [1.807, 2.05) is 4.72 Å². The Balaban J connectivity index is 2.87. The Bertz CT molecular complexity index is 626. The summed E-state index contributed by atoms with van der Waals surface area (Å²) >= 11 is 0. The Kier molecular flexibility index (Phi) is 6.32. The second-order valence-electron chi connectivity index (χ2n) is 4.40. The molecular formula is C13H17N2O6S-. The SMILES string of the molecule is CCOc1ccc(S(=O)(=O)N[C@H](CCC(N)=O)C(=O)[O-])cc1. The van der Waals surface area contributed by atoms with Crippen LogP contribution in [0.3, 0.4) is 0 Å². The van der Waals surface area contributed by atoms with Crippen LogP contribution in [0.2, 0.25) is 0 Å². The van der Waals surface area contributed by atoms with Crippen LogP contribution in [0.1, 0.15) is 19.8 Å². The molecule has 0 aliphatic heterocycles. The number of nitrogens with one attached hydrogen (secondary N) is 1. The van der Waals surface area contributed by atoms with Crippen molar-refractivity contribution < 1.29 is 27.9 Å². The molecule has 0 aliphatic rings. The molecule has 1 rings (SSSR count). The van der Waals surface area contributed by atoms with Gasteiger partial charge in [-0.1, -0.05) is 0 Å². The molecule has 22 heavy (non-hydrogen) atoms. The zero-order valence-corrected chi connectivity index (χ0v) is 12.8. The summed E-state index contributed by atoms with van der Waals surface area (Å²) < 4.78 is 31.4. The highest BCUT2D eigenvalue weighted by Crippen LogP contribution is 2.16. The Labute approximate surface area is 128 Å². The minimum Gasteiger partial charge on any atom is -0.548 e. The molecule has 1 aromatic rings. The Hall–Kier alpha value is -2.13. The highest BCUT2D eigenvalue weighted by atomic mass is 32.2. The molecule has 0 fully saturated rings. The number of hydrogen-bond acceptors (Lipinski definition) is 6. The van der Waals surface area contributed by atoms with Crippen molar-refractivity contribution in [1.29, 1.82) is 0 Å². The second-order valence-corrected chi connectivity index (χ2v) is 6.12. The number of carboxylic acid groups (broad SMARTS) is 1. The number of amides is 1. The van der Waals surface area contributed by atoms with Gasteiger partial charge in [0.2, 0.25) is 15.9 Å². The molecule has 1 aromatic carbocycles. The predicted molar refractivity (Wildman–Crippen MR) is 75.2 cm³/mol. The molecule has 0 aliphatic carbocycles. The molecule has 0 saturated carbocycles. The molecule has 1 atom stereocenters. The zero-order valence-electron chi connectivity index (χ0n) is 11.9. The quantitative estimate of drug-likeness (QED) is 0.580. The number of nitrogens with two attached hydrogens (primary N) is 1. The fourth-order valence-corrected chi connectivity index (χ4v) is 2.87. The van der Waals surface area contributed by atoms with E-state index < -0.39 is 27.9 Å². The highest BCUT2D eigenvalue weighted by Gasteiger charge is 2.21. The molecule has 0 bridgehead atoms. The monoisotopic (exact) mass is 329 g/mol. The molecule has 9 heteroatoms. The molecule has 8 nitrogen and oxygen atoms in total. The summed E-state index contributed by atoms with van der Waals surface area (Å²) in [6.45, 7) is 2.22. The minimum absolute atomic E-state index is 0.124. The third kappa shape index (κ3) is 5.34. The average molecular weight is 329 g/mol. The van der Waals surface area contributed by atoms with E-state index in [1.165, 1.54) is 24.3 Å². The van der Waals surface area contributed by atoms with Gasteiger partial charge >= 0.3 is 0 Å². The van der Waals surface area contributed by atoms with Crippen LogP contribution in [0.15, 0.2) is 29.2 Å². The van der Waals surface area contributed by atoms with E-state index in [9.17, 15) is 23.1 Å². The van der Waals surface area contributed by atoms with Gasteiger partial charge in [-0.15, -0.1) is 0 Å². The normalized spacial score (nSPS) is 12.6. The van der Waals surface area contributed by atoms with Crippen LogP contribution in [-0.4, -0.2) is 32.9 Å². The van der Waals surface area contributed by atoms with Crippen LogP contribution in [0.25, 0.3) is 0 Å². The number of primary amides is 1. The third-order valence-corrected chi connectivity index (χ3v) is 4.19. The molecule has 0 spiro atoms. The summed E-state index contributed by atoms with van der Waals surface area (Å²) in [7, 11) is -4.06. The van der Waals surface area contributed by atoms with Crippen molar-refractivity contribution in [1.82, 2.24) is 4.72 Å². The van der Waals surface area contributed by atoms with Crippen molar-refractivity contribution in [3.63, 3.8) is 0 Å². The first-order chi connectivity index (χ1) is 10.3. The molecule has 0 unspecified atom stereocenters. The average Bonchev–Trinajstić information content (AvgIpc) is 2.44.